The number of nitrogens with zero attached hydrogens (tertiary/aromatic N) is 1. The molecule has 0 saturated heterocycles. The smallest absolute Gasteiger partial charge is 0.213 e. The van der Waals surface area contributed by atoms with Crippen LogP contribution >= 0.6 is 0 Å². The summed E-state index contributed by atoms with van der Waals surface area (Å²) in [4.78, 5) is 0. The van der Waals surface area contributed by atoms with E-state index in [4.69, 9.17) is 4.42 Å². The fraction of sp³-hybridized carbons (Fsp3) is 0.0645. The lowest BCUT2D eigenvalue weighted by atomic mass is 9.95. The molecule has 6 aromatic rings. The average Bonchev–Trinajstić information content (AvgIpc) is 3.24. The second kappa shape index (κ2) is 7.75. The summed E-state index contributed by atoms with van der Waals surface area (Å²) in [6.45, 7) is 2.17. The Morgan fingerprint density at radius 1 is 0.636 bits per heavy atom. The molecular formula is C31H24NO+. The Hall–Kier alpha value is -4.17. The van der Waals surface area contributed by atoms with Gasteiger partial charge in [-0.05, 0) is 41.3 Å². The maximum absolute atomic E-state index is 6.50. The first-order valence-corrected chi connectivity index (χ1v) is 11.3. The third kappa shape index (κ3) is 3.23. The van der Waals surface area contributed by atoms with Crippen LogP contribution in [-0.2, 0) is 7.05 Å². The van der Waals surface area contributed by atoms with Gasteiger partial charge in [-0.25, -0.2) is 4.57 Å². The predicted molar refractivity (Wildman–Crippen MR) is 136 cm³/mol. The van der Waals surface area contributed by atoms with Crippen LogP contribution in [0.25, 0.3) is 55.4 Å². The molecule has 0 amide bonds. The summed E-state index contributed by atoms with van der Waals surface area (Å²) >= 11 is 0. The molecule has 0 aliphatic rings. The highest BCUT2D eigenvalue weighted by Gasteiger charge is 2.21. The van der Waals surface area contributed by atoms with Crippen molar-refractivity contribution < 1.29 is 8.98 Å². The second-order valence-electron chi connectivity index (χ2n) is 8.56. The van der Waals surface area contributed by atoms with Crippen LogP contribution in [0.5, 0.6) is 0 Å². The molecule has 0 aliphatic heterocycles. The second-order valence-corrected chi connectivity index (χ2v) is 8.56. The first-order chi connectivity index (χ1) is 16.2. The molecule has 2 heterocycles. The van der Waals surface area contributed by atoms with Crippen molar-refractivity contribution in [3.63, 3.8) is 0 Å². The molecule has 6 rings (SSSR count). The molecule has 33 heavy (non-hydrogen) atoms. The SMILES string of the molecule is Cc1ccc2oc3c(-c4ccc(-c5ccccc5)cc4)cccc3c2c1-c1cccc[n+]1C. The van der Waals surface area contributed by atoms with Crippen molar-refractivity contribution in [1.29, 1.82) is 0 Å². The highest BCUT2D eigenvalue weighted by atomic mass is 16.3. The molecule has 0 atom stereocenters. The number of benzene rings is 4. The molecule has 0 saturated carbocycles. The fourth-order valence-electron chi connectivity index (χ4n) is 4.81. The zero-order valence-corrected chi connectivity index (χ0v) is 18.7. The molecule has 0 radical (unpaired) electrons. The van der Waals surface area contributed by atoms with E-state index in [0.29, 0.717) is 0 Å². The zero-order chi connectivity index (χ0) is 22.4. The normalized spacial score (nSPS) is 11.3. The van der Waals surface area contributed by atoms with Crippen LogP contribution in [0.4, 0.5) is 0 Å². The van der Waals surface area contributed by atoms with Crippen molar-refractivity contribution in [2.24, 2.45) is 7.05 Å². The van der Waals surface area contributed by atoms with E-state index < -0.39 is 0 Å². The van der Waals surface area contributed by atoms with Gasteiger partial charge in [0.05, 0.1) is 5.56 Å². The van der Waals surface area contributed by atoms with Gasteiger partial charge in [0.15, 0.2) is 6.20 Å². The first-order valence-electron chi connectivity index (χ1n) is 11.3. The highest BCUT2D eigenvalue weighted by Crippen LogP contribution is 2.41. The van der Waals surface area contributed by atoms with Gasteiger partial charge in [-0.15, -0.1) is 0 Å². The van der Waals surface area contributed by atoms with Crippen LogP contribution in [0.3, 0.4) is 0 Å². The van der Waals surface area contributed by atoms with E-state index in [1.54, 1.807) is 0 Å². The first kappa shape index (κ1) is 19.5. The molecule has 2 heteroatoms. The Bertz CT molecular complexity index is 1610. The number of rotatable bonds is 3. The summed E-state index contributed by atoms with van der Waals surface area (Å²) in [6.07, 6.45) is 2.09. The van der Waals surface area contributed by atoms with Crippen molar-refractivity contribution in [3.05, 3.63) is 115 Å². The largest absolute Gasteiger partial charge is 0.455 e. The minimum atomic E-state index is 0.919. The Balaban J connectivity index is 1.56. The predicted octanol–water partition coefficient (Wildman–Crippen LogP) is 7.72. The lowest BCUT2D eigenvalue weighted by Gasteiger charge is -2.07. The van der Waals surface area contributed by atoms with E-state index in [1.165, 1.54) is 33.3 Å². The minimum absolute atomic E-state index is 0.919. The van der Waals surface area contributed by atoms with Crippen LogP contribution in [0, 0.1) is 6.92 Å². The van der Waals surface area contributed by atoms with Crippen molar-refractivity contribution >= 4 is 21.9 Å². The number of fused-ring (bicyclic) bond motifs is 3. The molecular weight excluding hydrogens is 402 g/mol. The Morgan fingerprint density at radius 2 is 1.36 bits per heavy atom. The van der Waals surface area contributed by atoms with Gasteiger partial charge in [-0.3, -0.25) is 0 Å². The fourth-order valence-corrected chi connectivity index (χ4v) is 4.81. The molecule has 2 aromatic heterocycles. The third-order valence-corrected chi connectivity index (χ3v) is 6.49. The van der Waals surface area contributed by atoms with Crippen molar-refractivity contribution in [1.82, 2.24) is 0 Å². The van der Waals surface area contributed by atoms with Gasteiger partial charge in [0.1, 0.15) is 18.2 Å². The van der Waals surface area contributed by atoms with Gasteiger partial charge in [-0.2, -0.15) is 0 Å². The summed E-state index contributed by atoms with van der Waals surface area (Å²) in [5, 5.41) is 2.33. The minimum Gasteiger partial charge on any atom is -0.455 e. The number of hydrogen-bond donors (Lipinski definition) is 0. The van der Waals surface area contributed by atoms with E-state index in [9.17, 15) is 0 Å². The summed E-state index contributed by atoms with van der Waals surface area (Å²) in [5.74, 6) is 0. The number of aryl methyl sites for hydroxylation is 2. The molecule has 0 aliphatic carbocycles. The Kier molecular flexibility index (Phi) is 4.58. The summed E-state index contributed by atoms with van der Waals surface area (Å²) in [7, 11) is 2.09. The van der Waals surface area contributed by atoms with Crippen LogP contribution in [0.2, 0.25) is 0 Å². The van der Waals surface area contributed by atoms with Gasteiger partial charge in [0.2, 0.25) is 5.69 Å². The standard InChI is InChI=1S/C31H24NO/c1-21-14-19-28-30(29(21)27-13-6-7-20-32(27)2)26-12-8-11-25(31(26)33-28)24-17-15-23(16-18-24)22-9-4-3-5-10-22/h3-20H,1-2H3/q+1. The average molecular weight is 427 g/mol. The molecule has 0 bridgehead atoms. The van der Waals surface area contributed by atoms with Gasteiger partial charge >= 0.3 is 0 Å². The quantitative estimate of drug-likeness (QED) is 0.265. The molecule has 158 valence electrons. The maximum atomic E-state index is 6.50. The Morgan fingerprint density at radius 3 is 2.15 bits per heavy atom. The molecule has 0 spiro atoms. The highest BCUT2D eigenvalue weighted by molar-refractivity contribution is 6.15. The zero-order valence-electron chi connectivity index (χ0n) is 18.7. The number of pyridine rings is 1. The van der Waals surface area contributed by atoms with E-state index in [1.807, 2.05) is 6.07 Å². The van der Waals surface area contributed by atoms with Crippen molar-refractivity contribution in [3.8, 4) is 33.5 Å². The van der Waals surface area contributed by atoms with Gasteiger partial charge in [0, 0.05) is 28.5 Å². The summed E-state index contributed by atoms with van der Waals surface area (Å²) in [6, 6.07) is 36.3. The molecule has 0 unspecified atom stereocenters. The number of aromatic nitrogens is 1. The molecule has 0 fully saturated rings. The molecule has 0 N–H and O–H groups in total. The van der Waals surface area contributed by atoms with E-state index >= 15 is 0 Å². The topological polar surface area (TPSA) is 17.0 Å². The van der Waals surface area contributed by atoms with Gasteiger partial charge in [0.25, 0.3) is 0 Å². The van der Waals surface area contributed by atoms with Crippen LogP contribution in [0.1, 0.15) is 5.56 Å². The van der Waals surface area contributed by atoms with Gasteiger partial charge in [-0.1, -0.05) is 78.9 Å². The van der Waals surface area contributed by atoms with E-state index in [0.717, 1.165) is 27.7 Å². The van der Waals surface area contributed by atoms with Crippen LogP contribution < -0.4 is 4.57 Å². The monoisotopic (exact) mass is 426 g/mol. The number of hydrogen-bond acceptors (Lipinski definition) is 1. The summed E-state index contributed by atoms with van der Waals surface area (Å²) in [5.41, 5.74) is 10.2. The van der Waals surface area contributed by atoms with Gasteiger partial charge < -0.3 is 4.42 Å². The van der Waals surface area contributed by atoms with Crippen LogP contribution in [0.15, 0.2) is 114 Å². The summed E-state index contributed by atoms with van der Waals surface area (Å²) < 4.78 is 8.67. The van der Waals surface area contributed by atoms with Crippen molar-refractivity contribution in [2.75, 3.05) is 0 Å². The number of furan rings is 1. The molecule has 4 aromatic carbocycles. The van der Waals surface area contributed by atoms with Crippen molar-refractivity contribution in [2.45, 2.75) is 6.92 Å². The van der Waals surface area contributed by atoms with E-state index in [-0.39, 0.29) is 0 Å². The maximum Gasteiger partial charge on any atom is 0.213 e. The Labute approximate surface area is 193 Å². The lowest BCUT2D eigenvalue weighted by Crippen LogP contribution is -2.30. The van der Waals surface area contributed by atoms with E-state index in [2.05, 4.69) is 122 Å². The number of para-hydroxylation sites is 1. The lowest BCUT2D eigenvalue weighted by molar-refractivity contribution is -0.660. The third-order valence-electron chi connectivity index (χ3n) is 6.49. The molecule has 2 nitrogen and oxygen atoms in total. The van der Waals surface area contributed by atoms with Crippen LogP contribution in [-0.4, -0.2) is 0 Å².